The average Bonchev–Trinajstić information content (AvgIpc) is 2.75. The van der Waals surface area contributed by atoms with E-state index in [0.717, 1.165) is 18.0 Å². The van der Waals surface area contributed by atoms with E-state index in [9.17, 15) is 4.39 Å². The van der Waals surface area contributed by atoms with Crippen LogP contribution in [0.4, 0.5) is 4.39 Å². The van der Waals surface area contributed by atoms with Gasteiger partial charge >= 0.3 is 7.12 Å². The van der Waals surface area contributed by atoms with Crippen LogP contribution in [0.15, 0.2) is 30.6 Å². The SMILES string of the molecule is Cc1nccn1CCOc1cc(F)ccc1B(O)O. The fourth-order valence-corrected chi connectivity index (χ4v) is 1.74. The molecule has 0 unspecified atom stereocenters. The maximum Gasteiger partial charge on any atom is 0.492 e. The number of rotatable bonds is 5. The Morgan fingerprint density at radius 3 is 2.84 bits per heavy atom. The highest BCUT2D eigenvalue weighted by Crippen LogP contribution is 2.11. The summed E-state index contributed by atoms with van der Waals surface area (Å²) < 4.78 is 20.4. The van der Waals surface area contributed by atoms with Crippen LogP contribution < -0.4 is 10.2 Å². The summed E-state index contributed by atoms with van der Waals surface area (Å²) in [6.07, 6.45) is 3.49. The van der Waals surface area contributed by atoms with E-state index >= 15 is 0 Å². The predicted octanol–water partition coefficient (Wildman–Crippen LogP) is 0.0894. The lowest BCUT2D eigenvalue weighted by molar-refractivity contribution is 0.296. The van der Waals surface area contributed by atoms with Crippen LogP contribution >= 0.6 is 0 Å². The smallest absolute Gasteiger partial charge is 0.492 e. The van der Waals surface area contributed by atoms with Gasteiger partial charge in [-0.15, -0.1) is 0 Å². The van der Waals surface area contributed by atoms with Gasteiger partial charge in [0.15, 0.2) is 0 Å². The van der Waals surface area contributed by atoms with E-state index in [1.165, 1.54) is 6.07 Å². The van der Waals surface area contributed by atoms with Gasteiger partial charge in [-0.2, -0.15) is 0 Å². The second kappa shape index (κ2) is 5.86. The molecule has 0 saturated heterocycles. The van der Waals surface area contributed by atoms with Crippen molar-refractivity contribution in [2.24, 2.45) is 0 Å². The lowest BCUT2D eigenvalue weighted by Gasteiger charge is -2.12. The Morgan fingerprint density at radius 1 is 1.42 bits per heavy atom. The lowest BCUT2D eigenvalue weighted by atomic mass is 9.79. The number of aromatic nitrogens is 2. The van der Waals surface area contributed by atoms with Crippen molar-refractivity contribution < 1.29 is 19.2 Å². The van der Waals surface area contributed by atoms with Crippen LogP contribution in [0.5, 0.6) is 5.75 Å². The van der Waals surface area contributed by atoms with Crippen LogP contribution in [0, 0.1) is 12.7 Å². The summed E-state index contributed by atoms with van der Waals surface area (Å²) in [6.45, 7) is 2.69. The molecule has 2 rings (SSSR count). The summed E-state index contributed by atoms with van der Waals surface area (Å²) in [5, 5.41) is 18.3. The number of nitrogens with zero attached hydrogens (tertiary/aromatic N) is 2. The summed E-state index contributed by atoms with van der Waals surface area (Å²) >= 11 is 0. The van der Waals surface area contributed by atoms with E-state index in [1.807, 2.05) is 17.7 Å². The minimum absolute atomic E-state index is 0.132. The van der Waals surface area contributed by atoms with Gasteiger partial charge in [0.2, 0.25) is 0 Å². The molecule has 5 nitrogen and oxygen atoms in total. The molecule has 0 aliphatic rings. The minimum Gasteiger partial charge on any atom is -0.492 e. The third kappa shape index (κ3) is 3.33. The molecule has 1 aromatic heterocycles. The number of benzene rings is 1. The molecule has 0 bridgehead atoms. The Balaban J connectivity index is 2.03. The van der Waals surface area contributed by atoms with Crippen LogP contribution in [0.1, 0.15) is 5.82 Å². The van der Waals surface area contributed by atoms with Crippen LogP contribution in [0.3, 0.4) is 0 Å². The number of hydrogen-bond donors (Lipinski definition) is 2. The molecule has 0 amide bonds. The summed E-state index contributed by atoms with van der Waals surface area (Å²) in [6, 6.07) is 3.58. The van der Waals surface area contributed by atoms with E-state index < -0.39 is 12.9 Å². The molecule has 0 aliphatic carbocycles. The Labute approximate surface area is 110 Å². The van der Waals surface area contributed by atoms with Gasteiger partial charge in [0.25, 0.3) is 0 Å². The van der Waals surface area contributed by atoms with Crippen LogP contribution in [-0.4, -0.2) is 33.3 Å². The Bertz CT molecular complexity index is 560. The van der Waals surface area contributed by atoms with E-state index in [4.69, 9.17) is 14.8 Å². The Hall–Kier alpha value is -1.86. The standard InChI is InChI=1S/C12H14BFN2O3/c1-9-15-4-5-16(9)6-7-19-12-8-10(14)2-3-11(12)13(17)18/h2-5,8,17-18H,6-7H2,1H3. The third-order valence-corrected chi connectivity index (χ3v) is 2.77. The van der Waals surface area contributed by atoms with Crippen molar-refractivity contribution in [1.29, 1.82) is 0 Å². The van der Waals surface area contributed by atoms with E-state index in [0.29, 0.717) is 6.54 Å². The third-order valence-electron chi connectivity index (χ3n) is 2.77. The van der Waals surface area contributed by atoms with Gasteiger partial charge in [0.1, 0.15) is 24.0 Å². The predicted molar refractivity (Wildman–Crippen MR) is 68.7 cm³/mol. The van der Waals surface area contributed by atoms with Crippen molar-refractivity contribution in [3.8, 4) is 5.75 Å². The van der Waals surface area contributed by atoms with Crippen molar-refractivity contribution in [3.63, 3.8) is 0 Å². The van der Waals surface area contributed by atoms with Gasteiger partial charge in [-0.05, 0) is 13.0 Å². The fraction of sp³-hybridized carbons (Fsp3) is 0.250. The first kappa shape index (κ1) is 13.6. The monoisotopic (exact) mass is 264 g/mol. The minimum atomic E-state index is -1.69. The molecule has 0 saturated carbocycles. The molecule has 0 aliphatic heterocycles. The van der Waals surface area contributed by atoms with Crippen molar-refractivity contribution >= 4 is 12.6 Å². The molecule has 19 heavy (non-hydrogen) atoms. The van der Waals surface area contributed by atoms with E-state index in [2.05, 4.69) is 4.98 Å². The summed E-state index contributed by atoms with van der Waals surface area (Å²) in [5.41, 5.74) is 0.142. The largest absolute Gasteiger partial charge is 0.492 e. The maximum atomic E-state index is 13.1. The Morgan fingerprint density at radius 2 is 2.21 bits per heavy atom. The molecule has 7 heteroatoms. The highest BCUT2D eigenvalue weighted by molar-refractivity contribution is 6.59. The summed E-state index contributed by atoms with van der Waals surface area (Å²) in [5.74, 6) is 0.497. The van der Waals surface area contributed by atoms with Crippen molar-refractivity contribution in [2.75, 3.05) is 6.61 Å². The molecule has 0 spiro atoms. The first-order valence-electron chi connectivity index (χ1n) is 5.84. The maximum absolute atomic E-state index is 13.1. The van der Waals surface area contributed by atoms with Crippen molar-refractivity contribution in [1.82, 2.24) is 9.55 Å². The van der Waals surface area contributed by atoms with Crippen LogP contribution in [0.25, 0.3) is 0 Å². The lowest BCUT2D eigenvalue weighted by Crippen LogP contribution is -2.32. The average molecular weight is 264 g/mol. The molecule has 1 aromatic carbocycles. The quantitative estimate of drug-likeness (QED) is 0.751. The van der Waals surface area contributed by atoms with Crippen molar-refractivity contribution in [3.05, 3.63) is 42.2 Å². The van der Waals surface area contributed by atoms with Gasteiger partial charge in [-0.1, -0.05) is 6.07 Å². The molecule has 0 atom stereocenters. The Kier molecular flexibility index (Phi) is 4.18. The highest BCUT2D eigenvalue weighted by atomic mass is 19.1. The molecule has 0 fully saturated rings. The highest BCUT2D eigenvalue weighted by Gasteiger charge is 2.17. The van der Waals surface area contributed by atoms with E-state index in [-0.39, 0.29) is 17.8 Å². The molecule has 100 valence electrons. The van der Waals surface area contributed by atoms with Gasteiger partial charge in [-0.25, -0.2) is 9.37 Å². The van der Waals surface area contributed by atoms with Crippen LogP contribution in [-0.2, 0) is 6.54 Å². The zero-order valence-corrected chi connectivity index (χ0v) is 10.5. The number of aryl methyl sites for hydroxylation is 1. The van der Waals surface area contributed by atoms with Crippen LogP contribution in [0.2, 0.25) is 0 Å². The zero-order chi connectivity index (χ0) is 13.8. The number of halogens is 1. The topological polar surface area (TPSA) is 67.5 Å². The summed E-state index contributed by atoms with van der Waals surface area (Å²) in [4.78, 5) is 4.07. The first-order valence-corrected chi connectivity index (χ1v) is 5.84. The molecular formula is C12H14BFN2O3. The second-order valence-electron chi connectivity index (χ2n) is 4.07. The first-order chi connectivity index (χ1) is 9.08. The van der Waals surface area contributed by atoms with Crippen molar-refractivity contribution in [2.45, 2.75) is 13.5 Å². The summed E-state index contributed by atoms with van der Waals surface area (Å²) in [7, 11) is -1.69. The van der Waals surface area contributed by atoms with E-state index in [1.54, 1.807) is 6.20 Å². The van der Waals surface area contributed by atoms with Gasteiger partial charge < -0.3 is 19.4 Å². The van der Waals surface area contributed by atoms with Gasteiger partial charge in [0.05, 0.1) is 6.54 Å². The molecule has 2 N–H and O–H groups in total. The molecular weight excluding hydrogens is 250 g/mol. The fourth-order valence-electron chi connectivity index (χ4n) is 1.74. The molecule has 2 aromatic rings. The molecule has 1 heterocycles. The van der Waals surface area contributed by atoms with Gasteiger partial charge in [-0.3, -0.25) is 0 Å². The molecule has 0 radical (unpaired) electrons. The number of imidazole rings is 1. The number of hydrogen-bond acceptors (Lipinski definition) is 4. The number of ether oxygens (including phenoxy) is 1. The zero-order valence-electron chi connectivity index (χ0n) is 10.5. The van der Waals surface area contributed by atoms with Gasteiger partial charge in [0, 0.05) is 23.9 Å². The second-order valence-corrected chi connectivity index (χ2v) is 4.07. The normalized spacial score (nSPS) is 10.5.